The van der Waals surface area contributed by atoms with Gasteiger partial charge in [-0.3, -0.25) is 4.79 Å². The molecule has 0 spiro atoms. The Balaban J connectivity index is 1.52. The molecule has 0 aliphatic carbocycles. The third-order valence-corrected chi connectivity index (χ3v) is 6.11. The molecule has 134 valence electrons. The van der Waals surface area contributed by atoms with Crippen molar-refractivity contribution in [3.8, 4) is 0 Å². The van der Waals surface area contributed by atoms with Crippen LogP contribution in [0.15, 0.2) is 24.3 Å². The maximum Gasteiger partial charge on any atom is 0.272 e. The number of rotatable bonds is 4. The molecule has 5 heteroatoms. The van der Waals surface area contributed by atoms with Gasteiger partial charge in [-0.2, -0.15) is 0 Å². The SMILES string of the molecule is O=C(c1[nH]c2ccccc2c1Cl)N1CCCC[C@@H]1CCN1CCCC1. The number of piperidine rings is 1. The smallest absolute Gasteiger partial charge is 0.272 e. The number of nitrogens with one attached hydrogen (secondary N) is 1. The van der Waals surface area contributed by atoms with Crippen molar-refractivity contribution in [1.82, 2.24) is 14.8 Å². The normalized spacial score (nSPS) is 22.0. The number of likely N-dealkylation sites (tertiary alicyclic amines) is 2. The molecule has 25 heavy (non-hydrogen) atoms. The van der Waals surface area contributed by atoms with Crippen LogP contribution in [-0.4, -0.2) is 52.9 Å². The topological polar surface area (TPSA) is 39.3 Å². The first-order valence-electron chi connectivity index (χ1n) is 9.53. The Morgan fingerprint density at radius 1 is 1.12 bits per heavy atom. The zero-order valence-electron chi connectivity index (χ0n) is 14.6. The van der Waals surface area contributed by atoms with Crippen LogP contribution in [0.5, 0.6) is 0 Å². The molecule has 2 aliphatic heterocycles. The summed E-state index contributed by atoms with van der Waals surface area (Å²) in [6.07, 6.45) is 7.12. The zero-order chi connectivity index (χ0) is 17.2. The van der Waals surface area contributed by atoms with Crippen molar-refractivity contribution in [2.75, 3.05) is 26.2 Å². The number of amides is 1. The lowest BCUT2D eigenvalue weighted by atomic mass is 9.98. The fourth-order valence-corrected chi connectivity index (χ4v) is 4.60. The first kappa shape index (κ1) is 16.9. The van der Waals surface area contributed by atoms with Gasteiger partial charge in [0.25, 0.3) is 5.91 Å². The number of H-pyrrole nitrogens is 1. The Morgan fingerprint density at radius 2 is 1.88 bits per heavy atom. The van der Waals surface area contributed by atoms with Crippen LogP contribution in [0.3, 0.4) is 0 Å². The van der Waals surface area contributed by atoms with E-state index < -0.39 is 0 Å². The van der Waals surface area contributed by atoms with Crippen molar-refractivity contribution < 1.29 is 4.79 Å². The number of carbonyl (C=O) groups excluding carboxylic acids is 1. The van der Waals surface area contributed by atoms with Gasteiger partial charge in [-0.1, -0.05) is 29.8 Å². The van der Waals surface area contributed by atoms with E-state index in [1.165, 1.54) is 32.4 Å². The Labute approximate surface area is 154 Å². The van der Waals surface area contributed by atoms with Gasteiger partial charge >= 0.3 is 0 Å². The molecule has 0 unspecified atom stereocenters. The molecule has 2 saturated heterocycles. The van der Waals surface area contributed by atoms with Crippen molar-refractivity contribution in [3.05, 3.63) is 35.0 Å². The minimum atomic E-state index is 0.0623. The Kier molecular flexibility index (Phi) is 5.00. The molecule has 3 heterocycles. The molecule has 2 aliphatic rings. The Hall–Kier alpha value is -1.52. The summed E-state index contributed by atoms with van der Waals surface area (Å²) >= 11 is 6.51. The van der Waals surface area contributed by atoms with Crippen molar-refractivity contribution in [1.29, 1.82) is 0 Å². The van der Waals surface area contributed by atoms with E-state index in [9.17, 15) is 4.79 Å². The highest BCUT2D eigenvalue weighted by Gasteiger charge is 2.30. The summed E-state index contributed by atoms with van der Waals surface area (Å²) < 4.78 is 0. The van der Waals surface area contributed by atoms with E-state index in [0.29, 0.717) is 16.8 Å². The fraction of sp³-hybridized carbons (Fsp3) is 0.550. The van der Waals surface area contributed by atoms with E-state index in [2.05, 4.69) is 14.8 Å². The highest BCUT2D eigenvalue weighted by molar-refractivity contribution is 6.38. The second-order valence-electron chi connectivity index (χ2n) is 7.35. The van der Waals surface area contributed by atoms with Crippen LogP contribution >= 0.6 is 11.6 Å². The second-order valence-corrected chi connectivity index (χ2v) is 7.72. The van der Waals surface area contributed by atoms with Crippen LogP contribution < -0.4 is 0 Å². The van der Waals surface area contributed by atoms with Crippen molar-refractivity contribution >= 4 is 28.4 Å². The Morgan fingerprint density at radius 3 is 2.68 bits per heavy atom. The number of aromatic amines is 1. The third-order valence-electron chi connectivity index (χ3n) is 5.72. The summed E-state index contributed by atoms with van der Waals surface area (Å²) in [6.45, 7) is 4.38. The van der Waals surface area contributed by atoms with Gasteiger partial charge < -0.3 is 14.8 Å². The summed E-state index contributed by atoms with van der Waals surface area (Å²) in [7, 11) is 0. The molecule has 0 radical (unpaired) electrons. The predicted octanol–water partition coefficient (Wildman–Crippen LogP) is 4.30. The van der Waals surface area contributed by atoms with Gasteiger partial charge in [-0.15, -0.1) is 0 Å². The number of halogens is 1. The average Bonchev–Trinajstić information content (AvgIpc) is 3.28. The lowest BCUT2D eigenvalue weighted by Crippen LogP contribution is -2.45. The summed E-state index contributed by atoms with van der Waals surface area (Å²) in [5, 5.41) is 1.49. The highest BCUT2D eigenvalue weighted by Crippen LogP contribution is 2.30. The van der Waals surface area contributed by atoms with E-state index in [1.54, 1.807) is 0 Å². The largest absolute Gasteiger partial charge is 0.349 e. The predicted molar refractivity (Wildman–Crippen MR) is 102 cm³/mol. The summed E-state index contributed by atoms with van der Waals surface area (Å²) in [5.74, 6) is 0.0623. The molecule has 0 saturated carbocycles. The van der Waals surface area contributed by atoms with Crippen LogP contribution in [0, 0.1) is 0 Å². The van der Waals surface area contributed by atoms with Crippen LogP contribution in [0.1, 0.15) is 49.0 Å². The van der Waals surface area contributed by atoms with E-state index in [0.717, 1.165) is 43.3 Å². The first-order chi connectivity index (χ1) is 12.2. The number of nitrogens with zero attached hydrogens (tertiary/aromatic N) is 2. The quantitative estimate of drug-likeness (QED) is 0.883. The number of fused-ring (bicyclic) bond motifs is 1. The molecule has 1 amide bonds. The maximum atomic E-state index is 13.2. The molecule has 0 bridgehead atoms. The van der Waals surface area contributed by atoms with Gasteiger partial charge in [0.15, 0.2) is 0 Å². The first-order valence-corrected chi connectivity index (χ1v) is 9.91. The van der Waals surface area contributed by atoms with E-state index >= 15 is 0 Å². The number of carbonyl (C=O) groups is 1. The molecule has 4 nitrogen and oxygen atoms in total. The molecule has 1 atom stereocenters. The van der Waals surface area contributed by atoms with E-state index in [4.69, 9.17) is 11.6 Å². The standard InChI is InChI=1S/C20H26ClN3O/c21-18-16-8-1-2-9-17(16)22-19(18)20(25)24-13-4-3-7-15(24)10-14-23-11-5-6-12-23/h1-2,8-9,15,22H,3-7,10-14H2/t15-/m1/s1. The van der Waals surface area contributed by atoms with Crippen LogP contribution in [-0.2, 0) is 0 Å². The summed E-state index contributed by atoms with van der Waals surface area (Å²) in [5.41, 5.74) is 1.48. The number of hydrogen-bond acceptors (Lipinski definition) is 2. The molecule has 1 N–H and O–H groups in total. The van der Waals surface area contributed by atoms with Crippen LogP contribution in [0.2, 0.25) is 5.02 Å². The van der Waals surface area contributed by atoms with Crippen molar-refractivity contribution in [2.24, 2.45) is 0 Å². The molecular weight excluding hydrogens is 334 g/mol. The minimum absolute atomic E-state index is 0.0623. The van der Waals surface area contributed by atoms with E-state index in [-0.39, 0.29) is 5.91 Å². The van der Waals surface area contributed by atoms with Crippen molar-refractivity contribution in [2.45, 2.75) is 44.6 Å². The van der Waals surface area contributed by atoms with Gasteiger partial charge in [0.1, 0.15) is 5.69 Å². The number of aromatic nitrogens is 1. The lowest BCUT2D eigenvalue weighted by molar-refractivity contribution is 0.0583. The highest BCUT2D eigenvalue weighted by atomic mass is 35.5. The van der Waals surface area contributed by atoms with Gasteiger partial charge in [0.2, 0.25) is 0 Å². The van der Waals surface area contributed by atoms with Gasteiger partial charge in [-0.05, 0) is 57.7 Å². The fourth-order valence-electron chi connectivity index (χ4n) is 4.30. The Bertz CT molecular complexity index is 750. The molecule has 1 aromatic carbocycles. The van der Waals surface area contributed by atoms with Crippen LogP contribution in [0.25, 0.3) is 10.9 Å². The van der Waals surface area contributed by atoms with E-state index in [1.807, 2.05) is 24.3 Å². The lowest BCUT2D eigenvalue weighted by Gasteiger charge is -2.36. The van der Waals surface area contributed by atoms with Gasteiger partial charge in [0.05, 0.1) is 5.02 Å². The third kappa shape index (κ3) is 3.42. The molecule has 2 aromatic rings. The number of benzene rings is 1. The summed E-state index contributed by atoms with van der Waals surface area (Å²) in [4.78, 5) is 21.0. The summed E-state index contributed by atoms with van der Waals surface area (Å²) in [6, 6.07) is 8.19. The van der Waals surface area contributed by atoms with Gasteiger partial charge in [0, 0.05) is 30.0 Å². The molecule has 1 aromatic heterocycles. The maximum absolute atomic E-state index is 13.2. The average molecular weight is 360 g/mol. The number of para-hydroxylation sites is 1. The zero-order valence-corrected chi connectivity index (χ0v) is 15.4. The minimum Gasteiger partial charge on any atom is -0.349 e. The second kappa shape index (κ2) is 7.38. The number of hydrogen-bond donors (Lipinski definition) is 1. The molecular formula is C20H26ClN3O. The van der Waals surface area contributed by atoms with Gasteiger partial charge in [-0.25, -0.2) is 0 Å². The monoisotopic (exact) mass is 359 g/mol. The molecule has 2 fully saturated rings. The molecule has 4 rings (SSSR count). The van der Waals surface area contributed by atoms with Crippen molar-refractivity contribution in [3.63, 3.8) is 0 Å². The van der Waals surface area contributed by atoms with Crippen LogP contribution in [0.4, 0.5) is 0 Å².